The van der Waals surface area contributed by atoms with Gasteiger partial charge in [-0.15, -0.1) is 11.3 Å². The van der Waals surface area contributed by atoms with Crippen LogP contribution in [-0.4, -0.2) is 22.6 Å². The van der Waals surface area contributed by atoms with Crippen molar-refractivity contribution in [3.8, 4) is 17.0 Å². The third-order valence-electron chi connectivity index (χ3n) is 4.36. The second kappa shape index (κ2) is 6.85. The normalized spacial score (nSPS) is 10.9. The highest BCUT2D eigenvalue weighted by Crippen LogP contribution is 2.29. The smallest absolute Gasteiger partial charge is 0.274 e. The van der Waals surface area contributed by atoms with Gasteiger partial charge in [-0.3, -0.25) is 10.1 Å². The summed E-state index contributed by atoms with van der Waals surface area (Å²) in [7, 11) is 3.44. The Kier molecular flexibility index (Phi) is 4.37. The lowest BCUT2D eigenvalue weighted by Crippen LogP contribution is -2.15. The Morgan fingerprint density at radius 1 is 1.22 bits per heavy atom. The van der Waals surface area contributed by atoms with Crippen molar-refractivity contribution in [2.45, 2.75) is 0 Å². The Bertz CT molecular complexity index is 1130. The zero-order valence-electron chi connectivity index (χ0n) is 14.7. The van der Waals surface area contributed by atoms with Gasteiger partial charge in [-0.05, 0) is 42.5 Å². The minimum absolute atomic E-state index is 0.254. The summed E-state index contributed by atoms with van der Waals surface area (Å²) >= 11 is 1.32. The minimum atomic E-state index is -0.297. The molecule has 1 amide bonds. The maximum atomic E-state index is 13.1. The fourth-order valence-electron chi connectivity index (χ4n) is 2.97. The Labute approximate surface area is 159 Å². The molecular weight excluding hydrogens is 365 g/mol. The van der Waals surface area contributed by atoms with Crippen molar-refractivity contribution in [2.75, 3.05) is 12.4 Å². The average molecular weight is 381 g/mol. The molecule has 2 aromatic carbocycles. The van der Waals surface area contributed by atoms with Crippen LogP contribution < -0.4 is 10.1 Å². The van der Waals surface area contributed by atoms with E-state index in [0.29, 0.717) is 16.5 Å². The van der Waals surface area contributed by atoms with E-state index in [1.165, 1.54) is 23.5 Å². The standard InChI is InChI=1S/C20H16FN3O2S/c1-24-16-4-3-5-18(26-2)14(16)10-17(24)19(25)23-20-22-15(11-27-20)12-6-8-13(21)9-7-12/h3-11H,1-2H3,(H,22,23,25). The van der Waals surface area contributed by atoms with Crippen molar-refractivity contribution in [2.24, 2.45) is 7.05 Å². The summed E-state index contributed by atoms with van der Waals surface area (Å²) in [6.07, 6.45) is 0. The Balaban J connectivity index is 1.61. The molecule has 0 atom stereocenters. The number of fused-ring (bicyclic) bond motifs is 1. The fraction of sp³-hybridized carbons (Fsp3) is 0.100. The number of carbonyl (C=O) groups excluding carboxylic acids is 1. The third kappa shape index (κ3) is 3.17. The van der Waals surface area contributed by atoms with Crippen LogP contribution in [0.5, 0.6) is 5.75 Å². The number of ether oxygens (including phenoxy) is 1. The minimum Gasteiger partial charge on any atom is -0.496 e. The quantitative estimate of drug-likeness (QED) is 0.557. The number of thiazole rings is 1. The lowest BCUT2D eigenvalue weighted by Gasteiger charge is -2.04. The number of halogens is 1. The van der Waals surface area contributed by atoms with E-state index >= 15 is 0 Å². The number of hydrogen-bond acceptors (Lipinski definition) is 4. The first kappa shape index (κ1) is 17.2. The molecule has 136 valence electrons. The van der Waals surface area contributed by atoms with Crippen LogP contribution in [0.4, 0.5) is 9.52 Å². The van der Waals surface area contributed by atoms with Crippen LogP contribution in [0.2, 0.25) is 0 Å². The maximum Gasteiger partial charge on any atom is 0.274 e. The molecule has 0 aliphatic carbocycles. The highest BCUT2D eigenvalue weighted by atomic mass is 32.1. The number of nitrogens with one attached hydrogen (secondary N) is 1. The summed E-state index contributed by atoms with van der Waals surface area (Å²) in [5.41, 5.74) is 2.90. The van der Waals surface area contributed by atoms with Gasteiger partial charge in [0.1, 0.15) is 17.3 Å². The van der Waals surface area contributed by atoms with Crippen LogP contribution >= 0.6 is 11.3 Å². The maximum absolute atomic E-state index is 13.1. The van der Waals surface area contributed by atoms with Crippen LogP contribution in [0.25, 0.3) is 22.2 Å². The van der Waals surface area contributed by atoms with E-state index in [9.17, 15) is 9.18 Å². The highest BCUT2D eigenvalue weighted by molar-refractivity contribution is 7.14. The zero-order valence-corrected chi connectivity index (χ0v) is 15.5. The van der Waals surface area contributed by atoms with Crippen LogP contribution in [0, 0.1) is 5.82 Å². The summed E-state index contributed by atoms with van der Waals surface area (Å²) in [6.45, 7) is 0. The van der Waals surface area contributed by atoms with E-state index in [1.807, 2.05) is 35.2 Å². The molecule has 4 rings (SSSR count). The molecule has 7 heteroatoms. The fourth-order valence-corrected chi connectivity index (χ4v) is 3.69. The summed E-state index contributed by atoms with van der Waals surface area (Å²) in [4.78, 5) is 17.2. The van der Waals surface area contributed by atoms with Gasteiger partial charge in [0, 0.05) is 23.4 Å². The van der Waals surface area contributed by atoms with Gasteiger partial charge in [0.25, 0.3) is 5.91 Å². The number of hydrogen-bond donors (Lipinski definition) is 1. The van der Waals surface area contributed by atoms with Crippen LogP contribution in [0.1, 0.15) is 10.5 Å². The Hall–Kier alpha value is -3.19. The van der Waals surface area contributed by atoms with Crippen LogP contribution in [0.15, 0.2) is 53.9 Å². The molecule has 0 saturated carbocycles. The SMILES string of the molecule is COc1cccc2c1cc(C(=O)Nc1nc(-c3ccc(F)cc3)cs1)n2C. The molecule has 0 radical (unpaired) electrons. The lowest BCUT2D eigenvalue weighted by atomic mass is 10.2. The van der Waals surface area contributed by atoms with Crippen molar-refractivity contribution in [3.63, 3.8) is 0 Å². The third-order valence-corrected chi connectivity index (χ3v) is 5.12. The van der Waals surface area contributed by atoms with Gasteiger partial charge < -0.3 is 9.30 Å². The summed E-state index contributed by atoms with van der Waals surface area (Å²) < 4.78 is 20.3. The first-order valence-corrected chi connectivity index (χ1v) is 9.10. The number of amides is 1. The molecule has 0 unspecified atom stereocenters. The summed E-state index contributed by atoms with van der Waals surface area (Å²) in [6, 6.07) is 13.6. The van der Waals surface area contributed by atoms with Gasteiger partial charge >= 0.3 is 0 Å². The average Bonchev–Trinajstić information content (AvgIpc) is 3.27. The van der Waals surface area contributed by atoms with E-state index in [2.05, 4.69) is 10.3 Å². The number of aryl methyl sites for hydroxylation is 1. The number of methoxy groups -OCH3 is 1. The van der Waals surface area contributed by atoms with Crippen molar-refractivity contribution >= 4 is 33.3 Å². The number of rotatable bonds is 4. The summed E-state index contributed by atoms with van der Waals surface area (Å²) in [5, 5.41) is 6.02. The zero-order chi connectivity index (χ0) is 19.0. The molecule has 5 nitrogen and oxygen atoms in total. The van der Waals surface area contributed by atoms with E-state index in [0.717, 1.165) is 22.2 Å². The first-order chi connectivity index (χ1) is 13.1. The largest absolute Gasteiger partial charge is 0.496 e. The molecule has 0 aliphatic rings. The molecule has 0 bridgehead atoms. The molecule has 0 aliphatic heterocycles. The van der Waals surface area contributed by atoms with E-state index < -0.39 is 0 Å². The number of carbonyl (C=O) groups is 1. The lowest BCUT2D eigenvalue weighted by molar-refractivity contribution is 0.101. The van der Waals surface area contributed by atoms with Crippen molar-refractivity contribution in [1.82, 2.24) is 9.55 Å². The van der Waals surface area contributed by atoms with Crippen LogP contribution in [0.3, 0.4) is 0 Å². The van der Waals surface area contributed by atoms with Crippen LogP contribution in [-0.2, 0) is 7.05 Å². The topological polar surface area (TPSA) is 56.1 Å². The van der Waals surface area contributed by atoms with Gasteiger partial charge in [0.05, 0.1) is 18.3 Å². The van der Waals surface area contributed by atoms with Crippen molar-refractivity contribution in [3.05, 3.63) is 65.4 Å². The van der Waals surface area contributed by atoms with Crippen molar-refractivity contribution in [1.29, 1.82) is 0 Å². The van der Waals surface area contributed by atoms with E-state index in [1.54, 1.807) is 25.3 Å². The highest BCUT2D eigenvalue weighted by Gasteiger charge is 2.17. The number of benzene rings is 2. The second-order valence-corrected chi connectivity index (χ2v) is 6.84. The monoisotopic (exact) mass is 381 g/mol. The number of anilines is 1. The number of aromatic nitrogens is 2. The second-order valence-electron chi connectivity index (χ2n) is 5.98. The molecule has 2 aromatic heterocycles. The molecule has 1 N–H and O–H groups in total. The molecule has 4 aromatic rings. The summed E-state index contributed by atoms with van der Waals surface area (Å²) in [5.74, 6) is 0.166. The number of nitrogens with zero attached hydrogens (tertiary/aromatic N) is 2. The van der Waals surface area contributed by atoms with Gasteiger partial charge in [-0.2, -0.15) is 0 Å². The predicted molar refractivity (Wildman–Crippen MR) is 105 cm³/mol. The Morgan fingerprint density at radius 2 is 2.00 bits per heavy atom. The molecular formula is C20H16FN3O2S. The van der Waals surface area contributed by atoms with Gasteiger partial charge in [0.2, 0.25) is 0 Å². The molecule has 27 heavy (non-hydrogen) atoms. The van der Waals surface area contributed by atoms with Gasteiger partial charge in [-0.25, -0.2) is 9.37 Å². The van der Waals surface area contributed by atoms with E-state index in [-0.39, 0.29) is 11.7 Å². The molecule has 2 heterocycles. The molecule has 0 saturated heterocycles. The van der Waals surface area contributed by atoms with Gasteiger partial charge in [-0.1, -0.05) is 6.07 Å². The molecule has 0 spiro atoms. The molecule has 0 fully saturated rings. The predicted octanol–water partition coefficient (Wildman–Crippen LogP) is 4.70. The Morgan fingerprint density at radius 3 is 2.74 bits per heavy atom. The van der Waals surface area contributed by atoms with Gasteiger partial charge in [0.15, 0.2) is 5.13 Å². The van der Waals surface area contributed by atoms with Crippen molar-refractivity contribution < 1.29 is 13.9 Å². The first-order valence-electron chi connectivity index (χ1n) is 8.22. The van der Waals surface area contributed by atoms with E-state index in [4.69, 9.17) is 4.74 Å².